The Kier molecular flexibility index (Phi) is 6.30. The molecule has 1 aliphatic heterocycles. The molecule has 7 nitrogen and oxygen atoms in total. The second-order valence-corrected chi connectivity index (χ2v) is 10.7. The molecular formula is C27H29N5O2S. The van der Waals surface area contributed by atoms with Crippen LogP contribution >= 0.6 is 0 Å². The summed E-state index contributed by atoms with van der Waals surface area (Å²) < 4.78 is 28.9. The zero-order valence-corrected chi connectivity index (χ0v) is 20.8. The first-order valence-electron chi connectivity index (χ1n) is 11.9. The lowest BCUT2D eigenvalue weighted by atomic mass is 10.1. The van der Waals surface area contributed by atoms with Crippen LogP contribution in [0.25, 0.3) is 11.0 Å². The molecule has 0 aliphatic carbocycles. The Morgan fingerprint density at radius 1 is 0.743 bits per heavy atom. The lowest BCUT2D eigenvalue weighted by molar-refractivity contribution is 0.578. The van der Waals surface area contributed by atoms with Gasteiger partial charge in [-0.25, -0.2) is 18.4 Å². The van der Waals surface area contributed by atoms with Crippen LogP contribution in [-0.2, 0) is 10.0 Å². The standard InChI is InChI=1S/C27H29N5O2S/c1-19-6-13-23(14-7-19)35(33,34)31-27-26(30-25-18-20(2)8-15-24(25)29-27)28-21-9-11-22(12-10-21)32-16-4-3-5-17-32/h6-15,18H,3-5,16-17H2,1-2H3,(H,28,30)(H,29,31). The van der Waals surface area contributed by atoms with Gasteiger partial charge >= 0.3 is 0 Å². The van der Waals surface area contributed by atoms with Gasteiger partial charge in [0.1, 0.15) is 0 Å². The van der Waals surface area contributed by atoms with Crippen molar-refractivity contribution in [2.75, 3.05) is 28.0 Å². The number of fused-ring (bicyclic) bond motifs is 1. The summed E-state index contributed by atoms with van der Waals surface area (Å²) >= 11 is 0. The van der Waals surface area contributed by atoms with Gasteiger partial charge in [0.15, 0.2) is 11.6 Å². The Morgan fingerprint density at radius 2 is 1.40 bits per heavy atom. The average Bonchev–Trinajstić information content (AvgIpc) is 2.86. The van der Waals surface area contributed by atoms with Crippen LogP contribution in [0.4, 0.5) is 23.0 Å². The lowest BCUT2D eigenvalue weighted by Gasteiger charge is -2.28. The lowest BCUT2D eigenvalue weighted by Crippen LogP contribution is -2.29. The molecule has 0 unspecified atom stereocenters. The summed E-state index contributed by atoms with van der Waals surface area (Å²) in [5.41, 5.74) is 5.34. The molecule has 1 aromatic heterocycles. The first-order chi connectivity index (χ1) is 16.9. The van der Waals surface area contributed by atoms with Crippen LogP contribution in [-0.4, -0.2) is 31.5 Å². The summed E-state index contributed by atoms with van der Waals surface area (Å²) in [4.78, 5) is 11.9. The zero-order chi connectivity index (χ0) is 24.4. The predicted molar refractivity (Wildman–Crippen MR) is 142 cm³/mol. The number of rotatable bonds is 6. The molecule has 3 aromatic carbocycles. The fourth-order valence-corrected chi connectivity index (χ4v) is 5.28. The summed E-state index contributed by atoms with van der Waals surface area (Å²) in [6.45, 7) is 6.06. The maximum atomic E-state index is 13.1. The van der Waals surface area contributed by atoms with E-state index in [1.54, 1.807) is 24.3 Å². The molecule has 2 heterocycles. The summed E-state index contributed by atoms with van der Waals surface area (Å²) in [6.07, 6.45) is 3.73. The maximum absolute atomic E-state index is 13.1. The number of nitrogens with one attached hydrogen (secondary N) is 2. The number of hydrogen-bond acceptors (Lipinski definition) is 6. The van der Waals surface area contributed by atoms with E-state index in [0.717, 1.165) is 29.9 Å². The van der Waals surface area contributed by atoms with E-state index in [1.165, 1.54) is 24.9 Å². The number of hydrogen-bond donors (Lipinski definition) is 2. The number of piperidine rings is 1. The first kappa shape index (κ1) is 23.1. The predicted octanol–water partition coefficient (Wildman–Crippen LogP) is 5.78. The number of sulfonamides is 1. The zero-order valence-electron chi connectivity index (χ0n) is 20.0. The molecule has 0 bridgehead atoms. The second kappa shape index (κ2) is 9.54. The molecule has 1 saturated heterocycles. The van der Waals surface area contributed by atoms with Crippen molar-refractivity contribution in [3.05, 3.63) is 77.9 Å². The van der Waals surface area contributed by atoms with E-state index in [4.69, 9.17) is 4.98 Å². The molecule has 0 spiro atoms. The van der Waals surface area contributed by atoms with Crippen molar-refractivity contribution in [3.8, 4) is 0 Å². The van der Waals surface area contributed by atoms with E-state index in [1.807, 2.05) is 44.2 Å². The minimum Gasteiger partial charge on any atom is -0.372 e. The van der Waals surface area contributed by atoms with Gasteiger partial charge in [-0.05, 0) is 87.2 Å². The van der Waals surface area contributed by atoms with Crippen LogP contribution in [0.2, 0.25) is 0 Å². The number of nitrogens with zero attached hydrogens (tertiary/aromatic N) is 3. The topological polar surface area (TPSA) is 87.2 Å². The van der Waals surface area contributed by atoms with Crippen LogP contribution in [0, 0.1) is 13.8 Å². The van der Waals surface area contributed by atoms with Gasteiger partial charge in [-0.1, -0.05) is 23.8 Å². The van der Waals surface area contributed by atoms with Crippen LogP contribution in [0.1, 0.15) is 30.4 Å². The van der Waals surface area contributed by atoms with Crippen LogP contribution < -0.4 is 14.9 Å². The molecule has 1 aliphatic rings. The maximum Gasteiger partial charge on any atom is 0.263 e. The van der Waals surface area contributed by atoms with E-state index < -0.39 is 10.0 Å². The highest BCUT2D eigenvalue weighted by molar-refractivity contribution is 7.92. The van der Waals surface area contributed by atoms with Crippen molar-refractivity contribution in [3.63, 3.8) is 0 Å². The van der Waals surface area contributed by atoms with Gasteiger partial charge in [0.2, 0.25) is 0 Å². The number of aromatic nitrogens is 2. The molecule has 0 amide bonds. The van der Waals surface area contributed by atoms with E-state index in [-0.39, 0.29) is 10.7 Å². The number of anilines is 4. The molecule has 5 rings (SSSR count). The first-order valence-corrected chi connectivity index (χ1v) is 13.4. The smallest absolute Gasteiger partial charge is 0.263 e. The quantitative estimate of drug-likeness (QED) is 0.358. The van der Waals surface area contributed by atoms with Crippen LogP contribution in [0.3, 0.4) is 0 Å². The van der Waals surface area contributed by atoms with Gasteiger partial charge in [-0.2, -0.15) is 0 Å². The third-order valence-corrected chi connectivity index (χ3v) is 7.59. The van der Waals surface area contributed by atoms with Gasteiger partial charge < -0.3 is 10.2 Å². The van der Waals surface area contributed by atoms with Crippen LogP contribution in [0.5, 0.6) is 0 Å². The Balaban J connectivity index is 1.48. The Bertz CT molecular complexity index is 1450. The Morgan fingerprint density at radius 3 is 2.11 bits per heavy atom. The Hall–Kier alpha value is -3.65. The third-order valence-electron chi connectivity index (χ3n) is 6.23. The molecule has 0 saturated carbocycles. The molecule has 35 heavy (non-hydrogen) atoms. The highest BCUT2D eigenvalue weighted by Gasteiger charge is 2.19. The molecule has 1 fully saturated rings. The second-order valence-electron chi connectivity index (χ2n) is 9.05. The van der Waals surface area contributed by atoms with Gasteiger partial charge in [-0.3, -0.25) is 4.72 Å². The van der Waals surface area contributed by atoms with Gasteiger partial charge in [0.25, 0.3) is 10.0 Å². The molecular weight excluding hydrogens is 458 g/mol. The van der Waals surface area contributed by atoms with E-state index in [9.17, 15) is 8.42 Å². The monoisotopic (exact) mass is 487 g/mol. The van der Waals surface area contributed by atoms with E-state index in [2.05, 4.69) is 32.1 Å². The molecule has 180 valence electrons. The normalized spacial score (nSPS) is 14.2. The van der Waals surface area contributed by atoms with Crippen molar-refractivity contribution < 1.29 is 8.42 Å². The fraction of sp³-hybridized carbons (Fsp3) is 0.259. The minimum atomic E-state index is -3.84. The molecule has 8 heteroatoms. The van der Waals surface area contributed by atoms with Crippen molar-refractivity contribution in [2.45, 2.75) is 38.0 Å². The average molecular weight is 488 g/mol. The Labute approximate surface area is 206 Å². The summed E-state index contributed by atoms with van der Waals surface area (Å²) in [5.74, 6) is 0.506. The third kappa shape index (κ3) is 5.22. The summed E-state index contributed by atoms with van der Waals surface area (Å²) in [7, 11) is -3.84. The molecule has 2 N–H and O–H groups in total. The van der Waals surface area contributed by atoms with E-state index >= 15 is 0 Å². The van der Waals surface area contributed by atoms with Gasteiger partial charge in [0, 0.05) is 24.5 Å². The molecule has 0 radical (unpaired) electrons. The van der Waals surface area contributed by atoms with Crippen molar-refractivity contribution in [1.29, 1.82) is 0 Å². The molecule has 4 aromatic rings. The van der Waals surface area contributed by atoms with Crippen molar-refractivity contribution >= 4 is 44.1 Å². The highest BCUT2D eigenvalue weighted by Crippen LogP contribution is 2.29. The minimum absolute atomic E-state index is 0.155. The van der Waals surface area contributed by atoms with E-state index in [0.29, 0.717) is 16.9 Å². The fourth-order valence-electron chi connectivity index (χ4n) is 4.27. The largest absolute Gasteiger partial charge is 0.372 e. The highest BCUT2D eigenvalue weighted by atomic mass is 32.2. The van der Waals surface area contributed by atoms with Crippen molar-refractivity contribution in [1.82, 2.24) is 9.97 Å². The van der Waals surface area contributed by atoms with Crippen LogP contribution in [0.15, 0.2) is 71.6 Å². The summed E-state index contributed by atoms with van der Waals surface area (Å²) in [6, 6.07) is 20.6. The van der Waals surface area contributed by atoms with Crippen molar-refractivity contribution in [2.24, 2.45) is 0 Å². The molecule has 0 atom stereocenters. The summed E-state index contributed by atoms with van der Waals surface area (Å²) in [5, 5.41) is 3.28. The van der Waals surface area contributed by atoms with Gasteiger partial charge in [0.05, 0.1) is 15.9 Å². The van der Waals surface area contributed by atoms with Gasteiger partial charge in [-0.15, -0.1) is 0 Å². The number of aryl methyl sites for hydroxylation is 2. The SMILES string of the molecule is Cc1ccc(S(=O)(=O)Nc2nc3ccc(C)cc3nc2Nc2ccc(N3CCCCC3)cc2)cc1. The number of benzene rings is 3.